The summed E-state index contributed by atoms with van der Waals surface area (Å²) in [5.41, 5.74) is 0.787. The number of H-pyrrole nitrogens is 1. The number of nitrogens with one attached hydrogen (secondary N) is 2. The summed E-state index contributed by atoms with van der Waals surface area (Å²) >= 11 is 0. The number of aromatic nitrogens is 4. The molecule has 0 amide bonds. The molecule has 0 bridgehead atoms. The molecule has 0 aliphatic heterocycles. The molecule has 0 atom stereocenters. The lowest BCUT2D eigenvalue weighted by atomic mass is 9.89. The third-order valence-electron chi connectivity index (χ3n) is 4.13. The van der Waals surface area contributed by atoms with E-state index >= 15 is 0 Å². The Balaban J connectivity index is 1.85. The normalized spacial score (nSPS) is 16.5. The van der Waals surface area contributed by atoms with Crippen LogP contribution in [-0.4, -0.2) is 40.8 Å². The van der Waals surface area contributed by atoms with Crippen LogP contribution >= 0.6 is 0 Å². The second-order valence-electron chi connectivity index (χ2n) is 5.64. The third kappa shape index (κ3) is 2.55. The van der Waals surface area contributed by atoms with Crippen LogP contribution in [0.1, 0.15) is 32.1 Å². The van der Waals surface area contributed by atoms with E-state index in [1.165, 1.54) is 32.1 Å². The van der Waals surface area contributed by atoms with Gasteiger partial charge in [0, 0.05) is 20.6 Å². The first-order valence-electron chi connectivity index (χ1n) is 7.38. The number of fused-ring (bicyclic) bond motifs is 1. The molecular formula is C14H22N6. The molecule has 0 aromatic carbocycles. The third-order valence-corrected chi connectivity index (χ3v) is 4.13. The summed E-state index contributed by atoms with van der Waals surface area (Å²) in [6.45, 7) is 1.06. The average Bonchev–Trinajstić information content (AvgIpc) is 2.95. The molecule has 2 aromatic rings. The molecule has 0 spiro atoms. The van der Waals surface area contributed by atoms with Crippen molar-refractivity contribution in [3.8, 4) is 0 Å². The van der Waals surface area contributed by atoms with E-state index in [2.05, 4.69) is 37.4 Å². The summed E-state index contributed by atoms with van der Waals surface area (Å²) in [4.78, 5) is 11.2. The van der Waals surface area contributed by atoms with Gasteiger partial charge in [-0.2, -0.15) is 15.1 Å². The molecule has 2 aromatic heterocycles. The molecule has 2 heterocycles. The molecule has 1 aliphatic carbocycles. The minimum atomic E-state index is 0.632. The van der Waals surface area contributed by atoms with Crippen molar-refractivity contribution in [2.75, 3.05) is 30.9 Å². The standard InChI is InChI=1S/C14H22N6/c1-15-14-17-12-11(8-16-19-12)13(18-14)20(2)9-10-6-4-3-5-7-10/h8,10H,3-7,9H2,1-2H3,(H2,15,16,17,18,19). The van der Waals surface area contributed by atoms with Gasteiger partial charge in [0.15, 0.2) is 5.65 Å². The Kier molecular flexibility index (Phi) is 3.71. The molecule has 0 unspecified atom stereocenters. The average molecular weight is 274 g/mol. The number of hydrogen-bond acceptors (Lipinski definition) is 5. The fourth-order valence-electron chi connectivity index (χ4n) is 3.07. The van der Waals surface area contributed by atoms with Gasteiger partial charge >= 0.3 is 0 Å². The van der Waals surface area contributed by atoms with Crippen LogP contribution in [0.2, 0.25) is 0 Å². The first kappa shape index (κ1) is 13.1. The summed E-state index contributed by atoms with van der Waals surface area (Å²) < 4.78 is 0. The van der Waals surface area contributed by atoms with Gasteiger partial charge in [-0.15, -0.1) is 0 Å². The maximum atomic E-state index is 4.60. The maximum Gasteiger partial charge on any atom is 0.226 e. The zero-order valence-electron chi connectivity index (χ0n) is 12.2. The Bertz CT molecular complexity index is 572. The van der Waals surface area contributed by atoms with E-state index in [-0.39, 0.29) is 0 Å². The molecule has 6 heteroatoms. The van der Waals surface area contributed by atoms with Crippen molar-refractivity contribution in [2.45, 2.75) is 32.1 Å². The Morgan fingerprint density at radius 3 is 2.85 bits per heavy atom. The molecule has 108 valence electrons. The highest BCUT2D eigenvalue weighted by molar-refractivity contribution is 5.87. The van der Waals surface area contributed by atoms with Crippen molar-refractivity contribution in [2.24, 2.45) is 5.92 Å². The van der Waals surface area contributed by atoms with Crippen LogP contribution < -0.4 is 10.2 Å². The first-order chi connectivity index (χ1) is 9.78. The molecule has 3 rings (SSSR count). The van der Waals surface area contributed by atoms with Crippen molar-refractivity contribution in [1.82, 2.24) is 20.2 Å². The second kappa shape index (κ2) is 5.64. The molecule has 20 heavy (non-hydrogen) atoms. The Morgan fingerprint density at radius 2 is 2.10 bits per heavy atom. The summed E-state index contributed by atoms with van der Waals surface area (Å²) in [5, 5.41) is 11.0. The van der Waals surface area contributed by atoms with Crippen LogP contribution in [0, 0.1) is 5.92 Å². The van der Waals surface area contributed by atoms with Crippen LogP contribution in [0.4, 0.5) is 11.8 Å². The van der Waals surface area contributed by atoms with Crippen LogP contribution in [-0.2, 0) is 0 Å². The second-order valence-corrected chi connectivity index (χ2v) is 5.64. The molecule has 2 N–H and O–H groups in total. The topological polar surface area (TPSA) is 69.7 Å². The van der Waals surface area contributed by atoms with Crippen LogP contribution in [0.15, 0.2) is 6.20 Å². The van der Waals surface area contributed by atoms with Crippen molar-refractivity contribution >= 4 is 22.8 Å². The minimum absolute atomic E-state index is 0.632. The van der Waals surface area contributed by atoms with E-state index in [1.807, 2.05) is 13.2 Å². The van der Waals surface area contributed by atoms with E-state index in [4.69, 9.17) is 0 Å². The SMILES string of the molecule is CNc1nc(N(C)CC2CCCCC2)c2cn[nH]c2n1. The zero-order chi connectivity index (χ0) is 13.9. The lowest BCUT2D eigenvalue weighted by molar-refractivity contribution is 0.362. The Labute approximate surface area is 119 Å². The molecule has 1 saturated carbocycles. The molecule has 0 radical (unpaired) electrons. The monoisotopic (exact) mass is 274 g/mol. The molecule has 0 saturated heterocycles. The number of aromatic amines is 1. The summed E-state index contributed by atoms with van der Waals surface area (Å²) in [7, 11) is 3.95. The predicted molar refractivity (Wildman–Crippen MR) is 81.1 cm³/mol. The Morgan fingerprint density at radius 1 is 1.30 bits per heavy atom. The quantitative estimate of drug-likeness (QED) is 0.896. The number of hydrogen-bond donors (Lipinski definition) is 2. The summed E-state index contributed by atoms with van der Waals surface area (Å²) in [5.74, 6) is 2.37. The Hall–Kier alpha value is -1.85. The van der Waals surface area contributed by atoms with Crippen molar-refractivity contribution < 1.29 is 0 Å². The highest BCUT2D eigenvalue weighted by atomic mass is 15.2. The van der Waals surface area contributed by atoms with Gasteiger partial charge in [-0.25, -0.2) is 0 Å². The summed E-state index contributed by atoms with van der Waals surface area (Å²) in [6.07, 6.45) is 8.60. The van der Waals surface area contributed by atoms with E-state index in [0.717, 1.165) is 29.3 Å². The fourth-order valence-corrected chi connectivity index (χ4v) is 3.07. The van der Waals surface area contributed by atoms with E-state index in [9.17, 15) is 0 Å². The largest absolute Gasteiger partial charge is 0.359 e. The van der Waals surface area contributed by atoms with Gasteiger partial charge in [-0.3, -0.25) is 5.10 Å². The lowest BCUT2D eigenvalue weighted by Crippen LogP contribution is -2.27. The maximum absolute atomic E-state index is 4.60. The van der Waals surface area contributed by atoms with Gasteiger partial charge in [-0.05, 0) is 18.8 Å². The minimum Gasteiger partial charge on any atom is -0.359 e. The van der Waals surface area contributed by atoms with Crippen molar-refractivity contribution in [1.29, 1.82) is 0 Å². The van der Waals surface area contributed by atoms with Gasteiger partial charge in [0.05, 0.1) is 11.6 Å². The molecule has 6 nitrogen and oxygen atoms in total. The van der Waals surface area contributed by atoms with Gasteiger partial charge in [0.25, 0.3) is 0 Å². The van der Waals surface area contributed by atoms with Gasteiger partial charge in [-0.1, -0.05) is 19.3 Å². The van der Waals surface area contributed by atoms with E-state index < -0.39 is 0 Å². The highest BCUT2D eigenvalue weighted by Crippen LogP contribution is 2.28. The zero-order valence-corrected chi connectivity index (χ0v) is 12.2. The smallest absolute Gasteiger partial charge is 0.226 e. The number of nitrogens with zero attached hydrogens (tertiary/aromatic N) is 4. The highest BCUT2D eigenvalue weighted by Gasteiger charge is 2.18. The van der Waals surface area contributed by atoms with Gasteiger partial charge < -0.3 is 10.2 Å². The van der Waals surface area contributed by atoms with E-state index in [1.54, 1.807) is 0 Å². The van der Waals surface area contributed by atoms with Crippen molar-refractivity contribution in [3.63, 3.8) is 0 Å². The number of rotatable bonds is 4. The lowest BCUT2D eigenvalue weighted by Gasteiger charge is -2.28. The molecule has 1 fully saturated rings. The van der Waals surface area contributed by atoms with Crippen molar-refractivity contribution in [3.05, 3.63) is 6.20 Å². The summed E-state index contributed by atoms with van der Waals surface area (Å²) in [6, 6.07) is 0. The molecule has 1 aliphatic rings. The van der Waals surface area contributed by atoms with Crippen LogP contribution in [0.25, 0.3) is 11.0 Å². The first-order valence-corrected chi connectivity index (χ1v) is 7.38. The van der Waals surface area contributed by atoms with E-state index in [0.29, 0.717) is 5.95 Å². The van der Waals surface area contributed by atoms with Crippen LogP contribution in [0.3, 0.4) is 0 Å². The molecular weight excluding hydrogens is 252 g/mol. The van der Waals surface area contributed by atoms with Gasteiger partial charge in [0.2, 0.25) is 5.95 Å². The predicted octanol–water partition coefficient (Wildman–Crippen LogP) is 2.41. The fraction of sp³-hybridized carbons (Fsp3) is 0.643. The number of anilines is 2. The van der Waals surface area contributed by atoms with Crippen LogP contribution in [0.5, 0.6) is 0 Å². The van der Waals surface area contributed by atoms with Gasteiger partial charge in [0.1, 0.15) is 5.82 Å².